The molecular formula is C8H8ClN3O3S. The molecule has 16 heavy (non-hydrogen) atoms. The van der Waals surface area contributed by atoms with Gasteiger partial charge in [-0.25, -0.2) is 8.42 Å². The lowest BCUT2D eigenvalue weighted by atomic mass is 10.3. The molecule has 0 saturated carbocycles. The van der Waals surface area contributed by atoms with E-state index in [1.54, 1.807) is 24.0 Å². The van der Waals surface area contributed by atoms with Crippen LogP contribution in [0.2, 0.25) is 0 Å². The quantitative estimate of drug-likeness (QED) is 0.775. The van der Waals surface area contributed by atoms with Gasteiger partial charge in [0.2, 0.25) is 9.05 Å². The van der Waals surface area contributed by atoms with Crippen LogP contribution in [0.3, 0.4) is 0 Å². The largest absolute Gasteiger partial charge is 0.354 e. The van der Waals surface area contributed by atoms with Crippen molar-refractivity contribution in [3.63, 3.8) is 0 Å². The third-order valence-electron chi connectivity index (χ3n) is 1.95. The van der Waals surface area contributed by atoms with Crippen molar-refractivity contribution < 1.29 is 12.9 Å². The van der Waals surface area contributed by atoms with Gasteiger partial charge < -0.3 is 4.52 Å². The smallest absolute Gasteiger partial charge is 0.238 e. The van der Waals surface area contributed by atoms with E-state index < -0.39 is 9.05 Å². The van der Waals surface area contributed by atoms with E-state index >= 15 is 0 Å². The fourth-order valence-corrected chi connectivity index (χ4v) is 2.12. The molecule has 2 rings (SSSR count). The number of rotatable bonds is 3. The zero-order valence-corrected chi connectivity index (χ0v) is 9.86. The van der Waals surface area contributed by atoms with E-state index in [4.69, 9.17) is 15.2 Å². The third-order valence-corrected chi connectivity index (χ3v) is 2.92. The molecular weight excluding hydrogens is 254 g/mol. The molecule has 0 unspecified atom stereocenters. The van der Waals surface area contributed by atoms with Crippen LogP contribution in [0.1, 0.15) is 5.69 Å². The highest BCUT2D eigenvalue weighted by Gasteiger charge is 2.14. The third kappa shape index (κ3) is 2.42. The number of nitrogens with zero attached hydrogens (tertiary/aromatic N) is 3. The van der Waals surface area contributed by atoms with Crippen molar-refractivity contribution in [2.24, 2.45) is 7.05 Å². The molecule has 0 amide bonds. The van der Waals surface area contributed by atoms with E-state index in [1.807, 2.05) is 0 Å². The first-order valence-electron chi connectivity index (χ1n) is 4.32. The lowest BCUT2D eigenvalue weighted by Gasteiger charge is -1.93. The Morgan fingerprint density at radius 2 is 2.31 bits per heavy atom. The van der Waals surface area contributed by atoms with Gasteiger partial charge in [0, 0.05) is 30.0 Å². The van der Waals surface area contributed by atoms with Crippen molar-refractivity contribution in [1.82, 2.24) is 14.9 Å². The Balaban J connectivity index is 2.30. The number of hydrogen-bond acceptors (Lipinski definition) is 5. The van der Waals surface area contributed by atoms with Crippen LogP contribution in [-0.4, -0.2) is 23.4 Å². The number of hydrogen-bond donors (Lipinski definition) is 0. The molecule has 8 heteroatoms. The Morgan fingerprint density at radius 3 is 2.88 bits per heavy atom. The molecule has 0 fully saturated rings. The molecule has 0 aliphatic rings. The standard InChI is InChI=1S/C8H8ClN3O3S/c1-12-7(2-3-10-12)8-4-6(11-15-8)5-16(9,13)14/h2-4H,5H2,1H3. The molecule has 86 valence electrons. The van der Waals surface area contributed by atoms with Crippen molar-refractivity contribution in [1.29, 1.82) is 0 Å². The molecule has 0 spiro atoms. The van der Waals surface area contributed by atoms with E-state index in [-0.39, 0.29) is 11.4 Å². The fourth-order valence-electron chi connectivity index (χ4n) is 1.29. The van der Waals surface area contributed by atoms with E-state index in [2.05, 4.69) is 10.3 Å². The summed E-state index contributed by atoms with van der Waals surface area (Å²) in [7, 11) is 3.24. The molecule has 0 radical (unpaired) electrons. The molecule has 2 aromatic rings. The maximum absolute atomic E-state index is 10.8. The van der Waals surface area contributed by atoms with E-state index in [0.29, 0.717) is 11.5 Å². The number of aromatic nitrogens is 3. The first-order valence-corrected chi connectivity index (χ1v) is 6.80. The Hall–Kier alpha value is -1.34. The van der Waals surface area contributed by atoms with Crippen LogP contribution in [0.25, 0.3) is 11.5 Å². The van der Waals surface area contributed by atoms with Crippen LogP contribution < -0.4 is 0 Å². The molecule has 0 aliphatic carbocycles. The molecule has 0 aliphatic heterocycles. The van der Waals surface area contributed by atoms with Crippen molar-refractivity contribution >= 4 is 19.7 Å². The van der Waals surface area contributed by atoms with Gasteiger partial charge in [0.05, 0.1) is 0 Å². The van der Waals surface area contributed by atoms with Crippen molar-refractivity contribution in [2.75, 3.05) is 0 Å². The fraction of sp³-hybridized carbons (Fsp3) is 0.250. The Kier molecular flexibility index (Phi) is 2.73. The minimum atomic E-state index is -3.62. The van der Waals surface area contributed by atoms with Crippen molar-refractivity contribution in [2.45, 2.75) is 5.75 Å². The summed E-state index contributed by atoms with van der Waals surface area (Å²) < 4.78 is 28.3. The molecule has 0 bridgehead atoms. The monoisotopic (exact) mass is 261 g/mol. The van der Waals surface area contributed by atoms with Gasteiger partial charge in [0.1, 0.15) is 17.1 Å². The lowest BCUT2D eigenvalue weighted by molar-refractivity contribution is 0.422. The summed E-state index contributed by atoms with van der Waals surface area (Å²) in [5.41, 5.74) is 0.983. The molecule has 0 aromatic carbocycles. The van der Waals surface area contributed by atoms with E-state index in [0.717, 1.165) is 0 Å². The average molecular weight is 262 g/mol. The van der Waals surface area contributed by atoms with Crippen LogP contribution in [0.4, 0.5) is 0 Å². The Morgan fingerprint density at radius 1 is 1.56 bits per heavy atom. The Bertz CT molecular complexity index is 602. The summed E-state index contributed by atoms with van der Waals surface area (Å²) in [5, 5.41) is 7.58. The second-order valence-electron chi connectivity index (χ2n) is 3.21. The summed E-state index contributed by atoms with van der Waals surface area (Å²) in [4.78, 5) is 0. The SMILES string of the molecule is Cn1nccc1-c1cc(CS(=O)(=O)Cl)no1. The highest BCUT2D eigenvalue weighted by atomic mass is 35.7. The molecule has 6 nitrogen and oxygen atoms in total. The molecule has 2 heterocycles. The van der Waals surface area contributed by atoms with E-state index in [1.165, 1.54) is 6.07 Å². The summed E-state index contributed by atoms with van der Waals surface area (Å²) in [6, 6.07) is 3.26. The maximum Gasteiger partial charge on any atom is 0.238 e. The molecule has 0 N–H and O–H groups in total. The highest BCUT2D eigenvalue weighted by molar-refractivity contribution is 8.13. The lowest BCUT2D eigenvalue weighted by Crippen LogP contribution is -1.94. The second kappa shape index (κ2) is 3.91. The van der Waals surface area contributed by atoms with Crippen molar-refractivity contribution in [3.8, 4) is 11.5 Å². The predicted molar refractivity (Wildman–Crippen MR) is 57.2 cm³/mol. The minimum Gasteiger partial charge on any atom is -0.354 e. The van der Waals surface area contributed by atoms with Crippen LogP contribution in [0, 0.1) is 0 Å². The molecule has 0 atom stereocenters. The van der Waals surface area contributed by atoms with Gasteiger partial charge in [-0.05, 0) is 6.07 Å². The topological polar surface area (TPSA) is 78.0 Å². The van der Waals surface area contributed by atoms with E-state index in [9.17, 15) is 8.42 Å². The van der Waals surface area contributed by atoms with Gasteiger partial charge >= 0.3 is 0 Å². The molecule has 2 aromatic heterocycles. The number of halogens is 1. The average Bonchev–Trinajstić information content (AvgIpc) is 2.71. The predicted octanol–water partition coefficient (Wildman–Crippen LogP) is 1.14. The molecule has 0 saturated heterocycles. The first-order chi connectivity index (χ1) is 7.46. The number of aryl methyl sites for hydroxylation is 1. The van der Waals surface area contributed by atoms with Crippen LogP contribution in [-0.2, 0) is 21.9 Å². The Labute approximate surface area is 96.2 Å². The summed E-state index contributed by atoms with van der Waals surface area (Å²) >= 11 is 0. The van der Waals surface area contributed by atoms with Gasteiger partial charge in [0.15, 0.2) is 5.76 Å². The summed E-state index contributed by atoms with van der Waals surface area (Å²) in [6.07, 6.45) is 1.61. The van der Waals surface area contributed by atoms with Crippen LogP contribution in [0.15, 0.2) is 22.9 Å². The van der Waals surface area contributed by atoms with Crippen LogP contribution in [0.5, 0.6) is 0 Å². The highest BCUT2D eigenvalue weighted by Crippen LogP contribution is 2.20. The van der Waals surface area contributed by atoms with Gasteiger partial charge in [-0.3, -0.25) is 4.68 Å². The van der Waals surface area contributed by atoms with Gasteiger partial charge in [-0.1, -0.05) is 5.16 Å². The van der Waals surface area contributed by atoms with Crippen molar-refractivity contribution in [3.05, 3.63) is 24.0 Å². The van der Waals surface area contributed by atoms with Gasteiger partial charge in [-0.15, -0.1) is 0 Å². The van der Waals surface area contributed by atoms with Gasteiger partial charge in [0.25, 0.3) is 0 Å². The second-order valence-corrected chi connectivity index (χ2v) is 5.98. The first kappa shape index (κ1) is 11.2. The zero-order valence-electron chi connectivity index (χ0n) is 8.29. The minimum absolute atomic E-state index is 0.270. The summed E-state index contributed by atoms with van der Waals surface area (Å²) in [5.74, 6) is 0.103. The maximum atomic E-state index is 10.8. The van der Waals surface area contributed by atoms with Gasteiger partial charge in [-0.2, -0.15) is 5.10 Å². The van der Waals surface area contributed by atoms with Crippen LogP contribution >= 0.6 is 10.7 Å². The zero-order chi connectivity index (χ0) is 11.8. The summed E-state index contributed by atoms with van der Waals surface area (Å²) in [6.45, 7) is 0. The normalized spacial score (nSPS) is 11.9.